The van der Waals surface area contributed by atoms with Gasteiger partial charge in [-0.05, 0) is 40.0 Å². The van der Waals surface area contributed by atoms with Crippen molar-refractivity contribution in [3.8, 4) is 0 Å². The van der Waals surface area contributed by atoms with E-state index in [1.54, 1.807) is 12.1 Å². The summed E-state index contributed by atoms with van der Waals surface area (Å²) in [6, 6.07) is 3.88. The fourth-order valence-corrected chi connectivity index (χ4v) is 2.19. The molecule has 19 heavy (non-hydrogen) atoms. The van der Waals surface area contributed by atoms with Crippen molar-refractivity contribution in [1.82, 2.24) is 16.0 Å². The molecule has 102 valence electrons. The van der Waals surface area contributed by atoms with Gasteiger partial charge in [0.15, 0.2) is 0 Å². The highest BCUT2D eigenvalue weighted by Gasteiger charge is 2.26. The highest BCUT2D eigenvalue weighted by molar-refractivity contribution is 9.10. The van der Waals surface area contributed by atoms with Crippen LogP contribution in [0.25, 0.3) is 0 Å². The van der Waals surface area contributed by atoms with E-state index in [-0.39, 0.29) is 17.8 Å². The van der Waals surface area contributed by atoms with Gasteiger partial charge in [-0.1, -0.05) is 6.07 Å². The Morgan fingerprint density at radius 1 is 1.53 bits per heavy atom. The first-order chi connectivity index (χ1) is 9.06. The van der Waals surface area contributed by atoms with Crippen molar-refractivity contribution in [2.45, 2.75) is 12.5 Å². The molecule has 1 aliphatic rings. The van der Waals surface area contributed by atoms with Gasteiger partial charge in [0.2, 0.25) is 5.91 Å². The minimum absolute atomic E-state index is 0.223. The van der Waals surface area contributed by atoms with Crippen LogP contribution in [0, 0.1) is 5.82 Å². The molecule has 1 aromatic carbocycles. The molecule has 0 spiro atoms. The normalized spacial score (nSPS) is 17.8. The molecule has 2 rings (SSSR count). The van der Waals surface area contributed by atoms with Gasteiger partial charge in [-0.2, -0.15) is 0 Å². The van der Waals surface area contributed by atoms with Crippen LogP contribution >= 0.6 is 15.9 Å². The number of benzene rings is 1. The third kappa shape index (κ3) is 3.66. The van der Waals surface area contributed by atoms with Crippen molar-refractivity contribution in [2.24, 2.45) is 0 Å². The number of rotatable bonds is 4. The Balaban J connectivity index is 1.78. The molecule has 0 aliphatic carbocycles. The summed E-state index contributed by atoms with van der Waals surface area (Å²) in [7, 11) is 0. The van der Waals surface area contributed by atoms with Gasteiger partial charge in [0, 0.05) is 13.1 Å². The Morgan fingerprint density at radius 3 is 2.95 bits per heavy atom. The van der Waals surface area contributed by atoms with Crippen molar-refractivity contribution in [2.75, 3.05) is 13.1 Å². The second-order valence-electron chi connectivity index (χ2n) is 4.20. The number of carbonyl (C=O) groups is 2. The molecule has 1 fully saturated rings. The van der Waals surface area contributed by atoms with Gasteiger partial charge >= 0.3 is 6.03 Å². The summed E-state index contributed by atoms with van der Waals surface area (Å²) >= 11 is 3.11. The van der Waals surface area contributed by atoms with Crippen molar-refractivity contribution >= 4 is 27.9 Å². The van der Waals surface area contributed by atoms with Crippen LogP contribution in [0.15, 0.2) is 22.7 Å². The molecule has 1 heterocycles. The van der Waals surface area contributed by atoms with Crippen molar-refractivity contribution in [1.29, 1.82) is 0 Å². The number of hydrogen-bond acceptors (Lipinski definition) is 2. The van der Waals surface area contributed by atoms with Gasteiger partial charge in [-0.15, -0.1) is 0 Å². The summed E-state index contributed by atoms with van der Waals surface area (Å²) in [6.07, 6.45) is 0.596. The molecule has 1 saturated heterocycles. The van der Waals surface area contributed by atoms with Crippen LogP contribution in [0.5, 0.6) is 0 Å². The molecule has 1 aliphatic heterocycles. The molecule has 5 nitrogen and oxygen atoms in total. The largest absolute Gasteiger partial charge is 0.354 e. The maximum atomic E-state index is 13.0. The van der Waals surface area contributed by atoms with Crippen LogP contribution in [0.3, 0.4) is 0 Å². The lowest BCUT2D eigenvalue weighted by Crippen LogP contribution is -2.43. The van der Waals surface area contributed by atoms with Gasteiger partial charge in [0.25, 0.3) is 0 Å². The molecule has 7 heteroatoms. The quantitative estimate of drug-likeness (QED) is 0.769. The smallest absolute Gasteiger partial charge is 0.315 e. The predicted molar refractivity (Wildman–Crippen MR) is 71.1 cm³/mol. The molecular formula is C12H13BrFN3O2. The first-order valence-corrected chi connectivity index (χ1v) is 6.61. The van der Waals surface area contributed by atoms with Crippen LogP contribution in [0.4, 0.5) is 9.18 Å². The zero-order valence-corrected chi connectivity index (χ0v) is 11.6. The van der Waals surface area contributed by atoms with Gasteiger partial charge in [0.05, 0.1) is 4.47 Å². The summed E-state index contributed by atoms with van der Waals surface area (Å²) in [4.78, 5) is 22.5. The third-order valence-corrected chi connectivity index (χ3v) is 3.39. The minimum Gasteiger partial charge on any atom is -0.354 e. The Hall–Kier alpha value is -1.63. The average molecular weight is 330 g/mol. The monoisotopic (exact) mass is 329 g/mol. The number of amides is 3. The summed E-state index contributed by atoms with van der Waals surface area (Å²) < 4.78 is 13.4. The fraction of sp³-hybridized carbons (Fsp3) is 0.333. The van der Waals surface area contributed by atoms with E-state index in [2.05, 4.69) is 31.9 Å². The van der Waals surface area contributed by atoms with Crippen LogP contribution in [0.2, 0.25) is 0 Å². The van der Waals surface area contributed by atoms with Crippen molar-refractivity contribution in [3.63, 3.8) is 0 Å². The predicted octanol–water partition coefficient (Wildman–Crippen LogP) is 0.928. The van der Waals surface area contributed by atoms with Gasteiger partial charge < -0.3 is 16.0 Å². The summed E-state index contributed by atoms with van der Waals surface area (Å²) in [5.41, 5.74) is 0.919. The molecule has 0 saturated carbocycles. The van der Waals surface area contributed by atoms with Crippen molar-refractivity contribution < 1.29 is 14.0 Å². The van der Waals surface area contributed by atoms with Gasteiger partial charge in [0.1, 0.15) is 11.9 Å². The van der Waals surface area contributed by atoms with E-state index >= 15 is 0 Å². The van der Waals surface area contributed by atoms with E-state index in [0.717, 1.165) is 5.56 Å². The zero-order valence-electron chi connectivity index (χ0n) is 10.0. The minimum atomic E-state index is -0.521. The molecule has 0 unspecified atom stereocenters. The molecule has 3 N–H and O–H groups in total. The number of hydrogen-bond donors (Lipinski definition) is 3. The average Bonchev–Trinajstić information content (AvgIpc) is 2.80. The molecule has 1 aromatic rings. The highest BCUT2D eigenvalue weighted by atomic mass is 79.9. The van der Waals surface area contributed by atoms with Gasteiger partial charge in [-0.25, -0.2) is 9.18 Å². The number of urea groups is 1. The molecule has 0 aromatic heterocycles. The lowest BCUT2D eigenvalue weighted by molar-refractivity contribution is -0.122. The summed E-state index contributed by atoms with van der Waals surface area (Å²) in [5.74, 6) is -0.535. The lowest BCUT2D eigenvalue weighted by Gasteiger charge is -2.10. The highest BCUT2D eigenvalue weighted by Crippen LogP contribution is 2.16. The maximum absolute atomic E-state index is 13.0. The Kier molecular flexibility index (Phi) is 4.36. The van der Waals surface area contributed by atoms with E-state index in [4.69, 9.17) is 0 Å². The van der Waals surface area contributed by atoms with Gasteiger partial charge in [-0.3, -0.25) is 4.79 Å². The number of carbonyl (C=O) groups excluding carboxylic acids is 2. The molecule has 3 amide bonds. The standard InChI is InChI=1S/C12H13BrFN3O2/c13-8-5-7(1-2-9(8)14)3-4-15-11(18)10-6-16-12(19)17-10/h1-2,5,10H,3-4,6H2,(H,15,18)(H2,16,17,19)/t10-/m1/s1. The lowest BCUT2D eigenvalue weighted by atomic mass is 10.1. The van der Waals surface area contributed by atoms with Crippen LogP contribution in [-0.2, 0) is 11.2 Å². The Morgan fingerprint density at radius 2 is 2.32 bits per heavy atom. The third-order valence-electron chi connectivity index (χ3n) is 2.79. The maximum Gasteiger partial charge on any atom is 0.315 e. The second kappa shape index (κ2) is 6.01. The van der Waals surface area contributed by atoms with Crippen LogP contribution in [-0.4, -0.2) is 31.1 Å². The summed E-state index contributed by atoms with van der Waals surface area (Å²) in [6.45, 7) is 0.732. The van der Waals surface area contributed by atoms with E-state index < -0.39 is 6.04 Å². The van der Waals surface area contributed by atoms with Crippen LogP contribution in [0.1, 0.15) is 5.56 Å². The van der Waals surface area contributed by atoms with E-state index in [1.165, 1.54) is 6.07 Å². The molecule has 1 atom stereocenters. The topological polar surface area (TPSA) is 70.2 Å². The van der Waals surface area contributed by atoms with E-state index in [9.17, 15) is 14.0 Å². The van der Waals surface area contributed by atoms with Crippen LogP contribution < -0.4 is 16.0 Å². The van der Waals surface area contributed by atoms with E-state index in [1.807, 2.05) is 0 Å². The van der Waals surface area contributed by atoms with E-state index in [0.29, 0.717) is 24.0 Å². The zero-order chi connectivity index (χ0) is 13.8. The number of nitrogens with one attached hydrogen (secondary N) is 3. The summed E-state index contributed by atoms with van der Waals surface area (Å²) in [5, 5.41) is 7.74. The molecular weight excluding hydrogens is 317 g/mol. The SMILES string of the molecule is O=C1NC[C@H](C(=O)NCCc2ccc(F)c(Br)c2)N1. The first-order valence-electron chi connectivity index (χ1n) is 5.82. The Labute approximate surface area is 118 Å². The Bertz CT molecular complexity index is 510. The first kappa shape index (κ1) is 13.8. The number of halogens is 2. The fourth-order valence-electron chi connectivity index (χ4n) is 1.76. The van der Waals surface area contributed by atoms with Crippen molar-refractivity contribution in [3.05, 3.63) is 34.1 Å². The molecule has 0 bridgehead atoms. The second-order valence-corrected chi connectivity index (χ2v) is 5.05. The molecule has 0 radical (unpaired) electrons.